The van der Waals surface area contributed by atoms with Gasteiger partial charge in [0.05, 0.1) is 18.1 Å². The van der Waals surface area contributed by atoms with Crippen LogP contribution in [0, 0.1) is 13.8 Å². The third-order valence-corrected chi connectivity index (χ3v) is 8.49. The van der Waals surface area contributed by atoms with Crippen molar-refractivity contribution in [3.63, 3.8) is 0 Å². The summed E-state index contributed by atoms with van der Waals surface area (Å²) in [4.78, 5) is 15.1. The lowest BCUT2D eigenvalue weighted by Crippen LogP contribution is -2.40. The predicted molar refractivity (Wildman–Crippen MR) is 130 cm³/mol. The molecule has 0 atom stereocenters. The van der Waals surface area contributed by atoms with E-state index in [1.54, 1.807) is 11.8 Å². The third-order valence-electron chi connectivity index (χ3n) is 5.39. The molecule has 172 valence electrons. The van der Waals surface area contributed by atoms with Crippen LogP contribution in [0.25, 0.3) is 0 Å². The van der Waals surface area contributed by atoms with E-state index >= 15 is 0 Å². The minimum Gasteiger partial charge on any atom is -0.379 e. The fourth-order valence-corrected chi connectivity index (χ4v) is 5.85. The highest BCUT2D eigenvalue weighted by molar-refractivity contribution is 7.99. The number of benzene rings is 3. The van der Waals surface area contributed by atoms with Gasteiger partial charge >= 0.3 is 0 Å². The Morgan fingerprint density at radius 2 is 1.61 bits per heavy atom. The molecule has 0 radical (unpaired) electrons. The summed E-state index contributed by atoms with van der Waals surface area (Å²) < 4.78 is 32.1. The van der Waals surface area contributed by atoms with Crippen LogP contribution in [0.4, 0.5) is 5.69 Å². The highest BCUT2D eigenvalue weighted by atomic mass is 32.2. The number of nitrogens with zero attached hydrogens (tertiary/aromatic N) is 1. The molecule has 1 saturated heterocycles. The van der Waals surface area contributed by atoms with Gasteiger partial charge in [-0.3, -0.25) is 4.79 Å². The van der Waals surface area contributed by atoms with Crippen LogP contribution in [-0.2, 0) is 14.8 Å². The molecule has 1 aliphatic heterocycles. The Hall–Kier alpha value is -2.65. The standard InChI is InChI=1S/C25H26N2O4S2/c1-18-3-12-24(19(2)17-18)32-22-8-6-21(7-9-22)26-25(28)20-4-10-23(11-5-20)33(29,30)27-13-15-31-16-14-27/h3-12,17H,13-16H2,1-2H3,(H,26,28). The van der Waals surface area contributed by atoms with E-state index in [0.29, 0.717) is 37.6 Å². The molecule has 3 aromatic carbocycles. The number of carbonyl (C=O) groups excluding carboxylic acids is 1. The Morgan fingerprint density at radius 1 is 0.939 bits per heavy atom. The Kier molecular flexibility index (Phi) is 7.19. The van der Waals surface area contributed by atoms with Crippen LogP contribution in [0.1, 0.15) is 21.5 Å². The van der Waals surface area contributed by atoms with Crippen molar-refractivity contribution in [1.29, 1.82) is 0 Å². The second kappa shape index (κ2) is 10.1. The van der Waals surface area contributed by atoms with Gasteiger partial charge in [-0.15, -0.1) is 0 Å². The first-order valence-corrected chi connectivity index (χ1v) is 12.9. The predicted octanol–water partition coefficient (Wildman–Crippen LogP) is 4.73. The number of carbonyl (C=O) groups is 1. The molecule has 0 unspecified atom stereocenters. The van der Waals surface area contributed by atoms with E-state index in [-0.39, 0.29) is 10.8 Å². The first-order valence-electron chi connectivity index (χ1n) is 10.7. The zero-order valence-corrected chi connectivity index (χ0v) is 20.2. The maximum absolute atomic E-state index is 12.7. The smallest absolute Gasteiger partial charge is 0.255 e. The van der Waals surface area contributed by atoms with Crippen LogP contribution in [0.15, 0.2) is 81.4 Å². The molecule has 3 aromatic rings. The molecule has 1 fully saturated rings. The molecule has 4 rings (SSSR count). The molecule has 0 spiro atoms. The van der Waals surface area contributed by atoms with Crippen molar-refractivity contribution < 1.29 is 17.9 Å². The molecule has 0 aromatic heterocycles. The first kappa shape index (κ1) is 23.5. The molecule has 6 nitrogen and oxygen atoms in total. The second-order valence-electron chi connectivity index (χ2n) is 7.89. The van der Waals surface area contributed by atoms with Crippen molar-refractivity contribution in [3.8, 4) is 0 Å². The quantitative estimate of drug-likeness (QED) is 0.550. The molecule has 8 heteroatoms. The summed E-state index contributed by atoms with van der Waals surface area (Å²) in [6, 6.07) is 20.1. The number of sulfonamides is 1. The number of anilines is 1. The lowest BCUT2D eigenvalue weighted by Gasteiger charge is -2.26. The van der Waals surface area contributed by atoms with Gasteiger partial charge in [0.15, 0.2) is 0 Å². The molecule has 1 aliphatic rings. The molecule has 1 amide bonds. The Labute approximate surface area is 199 Å². The molecular weight excluding hydrogens is 456 g/mol. The second-order valence-corrected chi connectivity index (χ2v) is 10.9. The SMILES string of the molecule is Cc1ccc(Sc2ccc(NC(=O)c3ccc(S(=O)(=O)N4CCOCC4)cc3)cc2)c(C)c1. The van der Waals surface area contributed by atoms with E-state index < -0.39 is 10.0 Å². The minimum atomic E-state index is -3.58. The lowest BCUT2D eigenvalue weighted by molar-refractivity contribution is 0.0730. The Balaban J connectivity index is 1.39. The highest BCUT2D eigenvalue weighted by Gasteiger charge is 2.26. The number of amides is 1. The Morgan fingerprint density at radius 3 is 2.24 bits per heavy atom. The zero-order valence-electron chi connectivity index (χ0n) is 18.6. The van der Waals surface area contributed by atoms with Gasteiger partial charge in [-0.2, -0.15) is 4.31 Å². The Bertz CT molecular complexity index is 1230. The van der Waals surface area contributed by atoms with Crippen LogP contribution in [0.5, 0.6) is 0 Å². The van der Waals surface area contributed by atoms with Gasteiger partial charge in [0, 0.05) is 34.1 Å². The molecular formula is C25H26N2O4S2. The summed E-state index contributed by atoms with van der Waals surface area (Å²) >= 11 is 1.68. The average molecular weight is 483 g/mol. The van der Waals surface area contributed by atoms with Gasteiger partial charge < -0.3 is 10.1 Å². The number of ether oxygens (including phenoxy) is 1. The molecule has 1 N–H and O–H groups in total. The number of hydrogen-bond acceptors (Lipinski definition) is 5. The van der Waals surface area contributed by atoms with Gasteiger partial charge in [0.25, 0.3) is 5.91 Å². The fraction of sp³-hybridized carbons (Fsp3) is 0.240. The van der Waals surface area contributed by atoms with E-state index in [0.717, 1.165) is 4.90 Å². The lowest BCUT2D eigenvalue weighted by atomic mass is 10.2. The van der Waals surface area contributed by atoms with E-state index in [9.17, 15) is 13.2 Å². The van der Waals surface area contributed by atoms with Crippen molar-refractivity contribution >= 4 is 33.4 Å². The number of hydrogen-bond donors (Lipinski definition) is 1. The molecule has 1 heterocycles. The fourth-order valence-electron chi connectivity index (χ4n) is 3.56. The van der Waals surface area contributed by atoms with Gasteiger partial charge in [-0.1, -0.05) is 29.5 Å². The summed E-state index contributed by atoms with van der Waals surface area (Å²) in [6.45, 7) is 5.63. The zero-order chi connectivity index (χ0) is 23.4. The van der Waals surface area contributed by atoms with Crippen molar-refractivity contribution in [2.45, 2.75) is 28.5 Å². The van der Waals surface area contributed by atoms with Crippen LogP contribution in [-0.4, -0.2) is 44.9 Å². The van der Waals surface area contributed by atoms with Crippen molar-refractivity contribution in [1.82, 2.24) is 4.31 Å². The van der Waals surface area contributed by atoms with Crippen LogP contribution in [0.2, 0.25) is 0 Å². The maximum Gasteiger partial charge on any atom is 0.255 e. The summed E-state index contributed by atoms with van der Waals surface area (Å²) in [6.07, 6.45) is 0. The molecule has 0 aliphatic carbocycles. The van der Waals surface area contributed by atoms with Gasteiger partial charge in [-0.25, -0.2) is 8.42 Å². The van der Waals surface area contributed by atoms with Crippen LogP contribution in [0.3, 0.4) is 0 Å². The third kappa shape index (κ3) is 5.65. The van der Waals surface area contributed by atoms with E-state index in [4.69, 9.17) is 4.74 Å². The number of nitrogens with one attached hydrogen (secondary N) is 1. The largest absolute Gasteiger partial charge is 0.379 e. The van der Waals surface area contributed by atoms with Crippen LogP contribution < -0.4 is 5.32 Å². The van der Waals surface area contributed by atoms with Gasteiger partial charge in [0.2, 0.25) is 10.0 Å². The van der Waals surface area contributed by atoms with Crippen molar-refractivity contribution in [2.24, 2.45) is 0 Å². The summed E-state index contributed by atoms with van der Waals surface area (Å²) in [7, 11) is -3.58. The normalized spacial score (nSPS) is 14.7. The van der Waals surface area contributed by atoms with Crippen molar-refractivity contribution in [2.75, 3.05) is 31.6 Å². The van der Waals surface area contributed by atoms with Gasteiger partial charge in [0.1, 0.15) is 0 Å². The molecule has 0 bridgehead atoms. The average Bonchev–Trinajstić information content (AvgIpc) is 2.82. The molecule has 0 saturated carbocycles. The summed E-state index contributed by atoms with van der Waals surface area (Å²) in [5.41, 5.74) is 3.54. The number of morpholine rings is 1. The topological polar surface area (TPSA) is 75.7 Å². The number of rotatable bonds is 6. The monoisotopic (exact) mass is 482 g/mol. The minimum absolute atomic E-state index is 0.175. The summed E-state index contributed by atoms with van der Waals surface area (Å²) in [5.74, 6) is -0.292. The van der Waals surface area contributed by atoms with Crippen LogP contribution >= 0.6 is 11.8 Å². The van der Waals surface area contributed by atoms with E-state index in [1.807, 2.05) is 24.3 Å². The maximum atomic E-state index is 12.7. The van der Waals surface area contributed by atoms with E-state index in [2.05, 4.69) is 37.4 Å². The van der Waals surface area contributed by atoms with Gasteiger partial charge in [-0.05, 0) is 74.0 Å². The highest BCUT2D eigenvalue weighted by Crippen LogP contribution is 2.31. The first-order chi connectivity index (χ1) is 15.8. The number of aryl methyl sites for hydroxylation is 2. The molecule has 33 heavy (non-hydrogen) atoms. The van der Waals surface area contributed by atoms with Crippen molar-refractivity contribution in [3.05, 3.63) is 83.4 Å². The van der Waals surface area contributed by atoms with E-state index in [1.165, 1.54) is 44.6 Å². The summed E-state index contributed by atoms with van der Waals surface area (Å²) in [5, 5.41) is 2.87.